The van der Waals surface area contributed by atoms with Gasteiger partial charge in [-0.2, -0.15) is 0 Å². The van der Waals surface area contributed by atoms with Crippen LogP contribution in [-0.2, 0) is 18.4 Å². The van der Waals surface area contributed by atoms with E-state index >= 15 is 0 Å². The van der Waals surface area contributed by atoms with E-state index in [0.29, 0.717) is 5.92 Å². The molecule has 0 radical (unpaired) electrons. The summed E-state index contributed by atoms with van der Waals surface area (Å²) in [5.41, 5.74) is 10.1. The first-order valence-corrected chi connectivity index (χ1v) is 7.39. The molecule has 2 N–H and O–H groups in total. The average molecular weight is 267 g/mol. The molecule has 0 spiro atoms. The molecule has 0 amide bonds. The van der Waals surface area contributed by atoms with Crippen molar-refractivity contribution in [2.24, 2.45) is 11.7 Å². The van der Waals surface area contributed by atoms with Crippen LogP contribution in [0.1, 0.15) is 37.5 Å². The maximum absolute atomic E-state index is 6.57. The molecular formula is C19H25N. The molecule has 106 valence electrons. The van der Waals surface area contributed by atoms with Crippen LogP contribution in [0.5, 0.6) is 0 Å². The summed E-state index contributed by atoms with van der Waals surface area (Å²) in [5.74, 6) is 0.670. The fraction of sp³-hybridized carbons (Fsp3) is 0.368. The largest absolute Gasteiger partial charge is 0.321 e. The molecule has 0 heterocycles. The smallest absolute Gasteiger partial charge is 0.0421 e. The second-order valence-electron chi connectivity index (χ2n) is 6.38. The zero-order valence-electron chi connectivity index (χ0n) is 12.8. The highest BCUT2D eigenvalue weighted by atomic mass is 14.7. The van der Waals surface area contributed by atoms with Crippen molar-refractivity contribution in [2.75, 3.05) is 0 Å². The van der Waals surface area contributed by atoms with Crippen LogP contribution in [0.4, 0.5) is 0 Å². The Morgan fingerprint density at radius 1 is 0.950 bits per heavy atom. The number of rotatable bonds is 5. The second-order valence-corrected chi connectivity index (χ2v) is 6.38. The topological polar surface area (TPSA) is 26.0 Å². The van der Waals surface area contributed by atoms with Gasteiger partial charge in [0.05, 0.1) is 0 Å². The van der Waals surface area contributed by atoms with E-state index in [2.05, 4.69) is 69.3 Å². The Kier molecular flexibility index (Phi) is 4.61. The summed E-state index contributed by atoms with van der Waals surface area (Å²) in [5, 5.41) is 0. The molecule has 2 rings (SSSR count). The maximum Gasteiger partial charge on any atom is 0.0421 e. The third-order valence-electron chi connectivity index (χ3n) is 3.64. The van der Waals surface area contributed by atoms with Crippen LogP contribution in [-0.4, -0.2) is 0 Å². The molecule has 0 aliphatic rings. The zero-order chi connectivity index (χ0) is 14.6. The van der Waals surface area contributed by atoms with Crippen molar-refractivity contribution in [3.8, 4) is 0 Å². The minimum Gasteiger partial charge on any atom is -0.321 e. The molecule has 0 saturated heterocycles. The zero-order valence-corrected chi connectivity index (χ0v) is 12.8. The summed E-state index contributed by atoms with van der Waals surface area (Å²) in [6.45, 7) is 6.62. The van der Waals surface area contributed by atoms with E-state index < -0.39 is 0 Å². The van der Waals surface area contributed by atoms with Crippen LogP contribution in [0, 0.1) is 5.92 Å². The number of hydrogen-bond acceptors (Lipinski definition) is 1. The van der Waals surface area contributed by atoms with Gasteiger partial charge < -0.3 is 5.73 Å². The lowest BCUT2D eigenvalue weighted by Gasteiger charge is -2.26. The lowest BCUT2D eigenvalue weighted by atomic mass is 9.85. The molecule has 0 aromatic heterocycles. The highest BCUT2D eigenvalue weighted by molar-refractivity contribution is 5.31. The molecule has 1 heteroatoms. The van der Waals surface area contributed by atoms with Crippen molar-refractivity contribution >= 4 is 0 Å². The molecule has 1 unspecified atom stereocenters. The molecule has 1 atom stereocenters. The van der Waals surface area contributed by atoms with Crippen molar-refractivity contribution in [3.63, 3.8) is 0 Å². The number of hydrogen-bond donors (Lipinski definition) is 1. The van der Waals surface area contributed by atoms with Crippen molar-refractivity contribution < 1.29 is 0 Å². The van der Waals surface area contributed by atoms with E-state index in [0.717, 1.165) is 12.8 Å². The van der Waals surface area contributed by atoms with Gasteiger partial charge in [-0.05, 0) is 42.4 Å². The fourth-order valence-corrected chi connectivity index (χ4v) is 2.65. The first-order chi connectivity index (χ1) is 9.47. The Morgan fingerprint density at radius 2 is 1.60 bits per heavy atom. The minimum atomic E-state index is -0.325. The summed E-state index contributed by atoms with van der Waals surface area (Å²) in [6, 6.07) is 19.2. The summed E-state index contributed by atoms with van der Waals surface area (Å²) in [4.78, 5) is 0. The molecule has 0 saturated carbocycles. The van der Waals surface area contributed by atoms with Gasteiger partial charge in [0.25, 0.3) is 0 Å². The van der Waals surface area contributed by atoms with Gasteiger partial charge >= 0.3 is 0 Å². The maximum atomic E-state index is 6.57. The Hall–Kier alpha value is -1.60. The van der Waals surface area contributed by atoms with Crippen LogP contribution < -0.4 is 5.73 Å². The normalized spacial score (nSPS) is 14.2. The average Bonchev–Trinajstić information content (AvgIpc) is 2.39. The first kappa shape index (κ1) is 14.8. The van der Waals surface area contributed by atoms with E-state index in [-0.39, 0.29) is 5.54 Å². The fourth-order valence-electron chi connectivity index (χ4n) is 2.65. The van der Waals surface area contributed by atoms with E-state index in [1.807, 2.05) is 6.07 Å². The molecule has 0 aliphatic carbocycles. The predicted octanol–water partition coefficient (Wildman–Crippen LogP) is 4.30. The number of benzene rings is 2. The summed E-state index contributed by atoms with van der Waals surface area (Å²) in [6.07, 6.45) is 1.97. The second kappa shape index (κ2) is 6.23. The number of nitrogens with two attached hydrogens (primary N) is 1. The Labute approximate surface area is 122 Å². The third kappa shape index (κ3) is 3.94. The van der Waals surface area contributed by atoms with Crippen LogP contribution in [0.3, 0.4) is 0 Å². The van der Waals surface area contributed by atoms with E-state index in [1.54, 1.807) is 0 Å². The lowest BCUT2D eigenvalue weighted by molar-refractivity contribution is 0.490. The van der Waals surface area contributed by atoms with Crippen LogP contribution in [0.25, 0.3) is 0 Å². The quantitative estimate of drug-likeness (QED) is 0.858. The van der Waals surface area contributed by atoms with Crippen LogP contribution >= 0.6 is 0 Å². The van der Waals surface area contributed by atoms with Gasteiger partial charge in [0, 0.05) is 5.54 Å². The lowest BCUT2D eigenvalue weighted by Crippen LogP contribution is -2.35. The van der Waals surface area contributed by atoms with Gasteiger partial charge in [-0.25, -0.2) is 0 Å². The molecule has 2 aromatic rings. The van der Waals surface area contributed by atoms with Gasteiger partial charge in [0.2, 0.25) is 0 Å². The third-order valence-corrected chi connectivity index (χ3v) is 3.64. The monoisotopic (exact) mass is 267 g/mol. The predicted molar refractivity (Wildman–Crippen MR) is 86.7 cm³/mol. The van der Waals surface area contributed by atoms with Crippen molar-refractivity contribution in [3.05, 3.63) is 71.3 Å². The standard InChI is InChI=1S/C19H25N/c1-15(2)12-17-10-7-11-18(13-17)19(3,20)14-16-8-5-4-6-9-16/h4-11,13,15H,12,14,20H2,1-3H3. The summed E-state index contributed by atoms with van der Waals surface area (Å²) in [7, 11) is 0. The molecular weight excluding hydrogens is 242 g/mol. The van der Waals surface area contributed by atoms with Crippen molar-refractivity contribution in [1.29, 1.82) is 0 Å². The van der Waals surface area contributed by atoms with E-state index in [1.165, 1.54) is 16.7 Å². The molecule has 0 fully saturated rings. The highest BCUT2D eigenvalue weighted by Gasteiger charge is 2.21. The van der Waals surface area contributed by atoms with Gasteiger partial charge in [0.1, 0.15) is 0 Å². The first-order valence-electron chi connectivity index (χ1n) is 7.39. The van der Waals surface area contributed by atoms with Gasteiger partial charge in [-0.3, -0.25) is 0 Å². The Balaban J connectivity index is 2.20. The summed E-state index contributed by atoms with van der Waals surface area (Å²) >= 11 is 0. The van der Waals surface area contributed by atoms with Gasteiger partial charge in [-0.15, -0.1) is 0 Å². The van der Waals surface area contributed by atoms with Crippen LogP contribution in [0.2, 0.25) is 0 Å². The molecule has 1 nitrogen and oxygen atoms in total. The van der Waals surface area contributed by atoms with Crippen LogP contribution in [0.15, 0.2) is 54.6 Å². The minimum absolute atomic E-state index is 0.325. The summed E-state index contributed by atoms with van der Waals surface area (Å²) < 4.78 is 0. The Morgan fingerprint density at radius 3 is 2.25 bits per heavy atom. The van der Waals surface area contributed by atoms with Crippen molar-refractivity contribution in [1.82, 2.24) is 0 Å². The highest BCUT2D eigenvalue weighted by Crippen LogP contribution is 2.24. The Bertz CT molecular complexity index is 541. The molecule has 0 aliphatic heterocycles. The molecule has 0 bridgehead atoms. The van der Waals surface area contributed by atoms with E-state index in [9.17, 15) is 0 Å². The van der Waals surface area contributed by atoms with Gasteiger partial charge in [-0.1, -0.05) is 68.4 Å². The molecule has 2 aromatic carbocycles. The molecule has 20 heavy (non-hydrogen) atoms. The SMILES string of the molecule is CC(C)Cc1cccc(C(C)(N)Cc2ccccc2)c1. The van der Waals surface area contributed by atoms with Gasteiger partial charge in [0.15, 0.2) is 0 Å². The van der Waals surface area contributed by atoms with E-state index in [4.69, 9.17) is 5.73 Å². The van der Waals surface area contributed by atoms with Crippen molar-refractivity contribution in [2.45, 2.75) is 39.2 Å².